The number of H-pyrrole nitrogens is 1. The second-order valence-electron chi connectivity index (χ2n) is 6.66. The number of aromatic nitrogens is 3. The zero-order valence-corrected chi connectivity index (χ0v) is 14.6. The molecule has 1 aromatic carbocycles. The molecule has 0 radical (unpaired) electrons. The lowest BCUT2D eigenvalue weighted by Gasteiger charge is -2.25. The molecule has 0 unspecified atom stereocenters. The second-order valence-corrected chi connectivity index (χ2v) is 6.66. The molecule has 26 heavy (non-hydrogen) atoms. The van der Waals surface area contributed by atoms with Crippen molar-refractivity contribution in [1.82, 2.24) is 20.1 Å². The molecule has 2 aromatic heterocycles. The van der Waals surface area contributed by atoms with Gasteiger partial charge < -0.3 is 4.90 Å². The molecule has 1 aliphatic rings. The van der Waals surface area contributed by atoms with Crippen molar-refractivity contribution in [2.24, 2.45) is 0 Å². The van der Waals surface area contributed by atoms with Crippen molar-refractivity contribution < 1.29 is 4.79 Å². The van der Waals surface area contributed by atoms with Gasteiger partial charge in [-0.2, -0.15) is 5.10 Å². The Hall–Kier alpha value is -2.95. The Morgan fingerprint density at radius 1 is 1.15 bits per heavy atom. The summed E-state index contributed by atoms with van der Waals surface area (Å²) in [6.45, 7) is 0.813. The molecular weight excluding hydrogens is 324 g/mol. The molecular formula is C21H22N4O. The summed E-state index contributed by atoms with van der Waals surface area (Å²) in [5.74, 6) is 0.214. The van der Waals surface area contributed by atoms with Crippen molar-refractivity contribution in [3.8, 4) is 11.1 Å². The van der Waals surface area contributed by atoms with Crippen LogP contribution in [0, 0.1) is 0 Å². The number of pyridine rings is 1. The van der Waals surface area contributed by atoms with Gasteiger partial charge in [0, 0.05) is 30.9 Å². The Labute approximate surface area is 153 Å². The predicted octanol–water partition coefficient (Wildman–Crippen LogP) is 3.77. The number of nitrogens with zero attached hydrogens (tertiary/aromatic N) is 3. The molecule has 132 valence electrons. The van der Waals surface area contributed by atoms with Crippen LogP contribution in [0.3, 0.4) is 0 Å². The molecule has 0 bridgehead atoms. The third-order valence-corrected chi connectivity index (χ3v) is 5.04. The minimum atomic E-state index is 0.0731. The van der Waals surface area contributed by atoms with Crippen molar-refractivity contribution in [3.05, 3.63) is 72.3 Å². The van der Waals surface area contributed by atoms with E-state index in [2.05, 4.69) is 27.3 Å². The highest BCUT2D eigenvalue weighted by atomic mass is 16.2. The van der Waals surface area contributed by atoms with Gasteiger partial charge in [0.15, 0.2) is 0 Å². The first kappa shape index (κ1) is 16.5. The van der Waals surface area contributed by atoms with Crippen LogP contribution in [-0.4, -0.2) is 32.5 Å². The number of likely N-dealkylation sites (tertiary alicyclic amines) is 1. The fourth-order valence-electron chi connectivity index (χ4n) is 3.72. The van der Waals surface area contributed by atoms with Crippen LogP contribution in [0.1, 0.15) is 36.6 Å². The first-order valence-corrected chi connectivity index (χ1v) is 9.10. The number of benzene rings is 1. The second kappa shape index (κ2) is 7.52. The van der Waals surface area contributed by atoms with E-state index in [0.29, 0.717) is 6.42 Å². The van der Waals surface area contributed by atoms with Crippen LogP contribution in [0.2, 0.25) is 0 Å². The topological polar surface area (TPSA) is 61.9 Å². The zero-order valence-electron chi connectivity index (χ0n) is 14.6. The Balaban J connectivity index is 1.51. The summed E-state index contributed by atoms with van der Waals surface area (Å²) in [7, 11) is 0. The highest BCUT2D eigenvalue weighted by Gasteiger charge is 2.32. The first-order valence-electron chi connectivity index (χ1n) is 9.10. The van der Waals surface area contributed by atoms with Gasteiger partial charge in [-0.15, -0.1) is 0 Å². The molecule has 1 atom stereocenters. The number of carbonyl (C=O) groups excluding carboxylic acids is 1. The molecule has 1 saturated heterocycles. The quantitative estimate of drug-likeness (QED) is 0.765. The van der Waals surface area contributed by atoms with Crippen molar-refractivity contribution in [2.75, 3.05) is 6.54 Å². The molecule has 0 spiro atoms. The Bertz CT molecular complexity index is 860. The van der Waals surface area contributed by atoms with Gasteiger partial charge in [-0.3, -0.25) is 14.9 Å². The van der Waals surface area contributed by atoms with Gasteiger partial charge in [0.05, 0.1) is 17.9 Å². The van der Waals surface area contributed by atoms with Gasteiger partial charge in [0.2, 0.25) is 5.91 Å². The lowest BCUT2D eigenvalue weighted by Crippen LogP contribution is -2.31. The molecule has 5 nitrogen and oxygen atoms in total. The fraction of sp³-hybridized carbons (Fsp3) is 0.286. The summed E-state index contributed by atoms with van der Waals surface area (Å²) >= 11 is 0. The maximum absolute atomic E-state index is 12.9. The summed E-state index contributed by atoms with van der Waals surface area (Å²) in [4.78, 5) is 19.0. The number of aryl methyl sites for hydroxylation is 1. The van der Waals surface area contributed by atoms with Gasteiger partial charge in [0.25, 0.3) is 0 Å². The molecule has 3 aromatic rings. The standard InChI is InChI=1S/C21H22N4O/c26-20(9-8-16-5-2-1-3-6-16)25-14-4-7-19(25)21-18(15-23-24-21)17-10-12-22-13-11-17/h1-3,5-6,10-13,15,19H,4,7-9,14H2,(H,23,24)/t19-/m0/s1. The molecule has 0 saturated carbocycles. The average Bonchev–Trinajstić information content (AvgIpc) is 3.36. The summed E-state index contributed by atoms with van der Waals surface area (Å²) in [6.07, 6.45) is 8.72. The number of hydrogen-bond acceptors (Lipinski definition) is 3. The van der Waals surface area contributed by atoms with E-state index in [1.165, 1.54) is 5.56 Å². The summed E-state index contributed by atoms with van der Waals surface area (Å²) < 4.78 is 0. The van der Waals surface area contributed by atoms with Crippen molar-refractivity contribution in [2.45, 2.75) is 31.7 Å². The molecule has 3 heterocycles. The predicted molar refractivity (Wildman–Crippen MR) is 100 cm³/mol. The highest BCUT2D eigenvalue weighted by Crippen LogP contribution is 2.36. The van der Waals surface area contributed by atoms with E-state index in [9.17, 15) is 4.79 Å². The third kappa shape index (κ3) is 3.38. The number of aromatic amines is 1. The fourth-order valence-corrected chi connectivity index (χ4v) is 3.72. The van der Waals surface area contributed by atoms with Gasteiger partial charge in [0.1, 0.15) is 0 Å². The van der Waals surface area contributed by atoms with Crippen LogP contribution >= 0.6 is 0 Å². The highest BCUT2D eigenvalue weighted by molar-refractivity contribution is 5.78. The Morgan fingerprint density at radius 2 is 1.96 bits per heavy atom. The molecule has 1 N–H and O–H groups in total. The number of rotatable bonds is 5. The van der Waals surface area contributed by atoms with E-state index >= 15 is 0 Å². The number of amides is 1. The summed E-state index contributed by atoms with van der Waals surface area (Å²) in [6, 6.07) is 14.2. The van der Waals surface area contributed by atoms with Crippen LogP contribution in [0.5, 0.6) is 0 Å². The van der Waals surface area contributed by atoms with Crippen LogP contribution in [0.15, 0.2) is 61.1 Å². The van der Waals surface area contributed by atoms with E-state index in [1.807, 2.05) is 41.4 Å². The van der Waals surface area contributed by atoms with E-state index < -0.39 is 0 Å². The molecule has 4 rings (SSSR count). The molecule has 1 aliphatic heterocycles. The SMILES string of the molecule is O=C(CCc1ccccc1)N1CCC[C@H]1c1[nH]ncc1-c1ccncc1. The zero-order chi connectivity index (χ0) is 17.8. The summed E-state index contributed by atoms with van der Waals surface area (Å²) in [5, 5.41) is 7.39. The number of carbonyl (C=O) groups is 1. The largest absolute Gasteiger partial charge is 0.334 e. The maximum atomic E-state index is 12.9. The number of hydrogen-bond donors (Lipinski definition) is 1. The van der Waals surface area contributed by atoms with E-state index in [-0.39, 0.29) is 11.9 Å². The third-order valence-electron chi connectivity index (χ3n) is 5.04. The molecule has 5 heteroatoms. The van der Waals surface area contributed by atoms with Crippen LogP contribution in [0.25, 0.3) is 11.1 Å². The summed E-state index contributed by atoms with van der Waals surface area (Å²) in [5.41, 5.74) is 4.37. The number of nitrogens with one attached hydrogen (secondary N) is 1. The normalized spacial score (nSPS) is 16.8. The van der Waals surface area contributed by atoms with E-state index in [4.69, 9.17) is 0 Å². The molecule has 1 amide bonds. The minimum absolute atomic E-state index is 0.0731. The van der Waals surface area contributed by atoms with Crippen molar-refractivity contribution in [1.29, 1.82) is 0 Å². The Morgan fingerprint density at radius 3 is 2.77 bits per heavy atom. The van der Waals surface area contributed by atoms with Crippen LogP contribution < -0.4 is 0 Å². The maximum Gasteiger partial charge on any atom is 0.223 e. The van der Waals surface area contributed by atoms with Gasteiger partial charge in [-0.1, -0.05) is 30.3 Å². The van der Waals surface area contributed by atoms with Gasteiger partial charge in [-0.25, -0.2) is 0 Å². The lowest BCUT2D eigenvalue weighted by atomic mass is 10.0. The van der Waals surface area contributed by atoms with Crippen LogP contribution in [0.4, 0.5) is 0 Å². The smallest absolute Gasteiger partial charge is 0.223 e. The van der Waals surface area contributed by atoms with Gasteiger partial charge >= 0.3 is 0 Å². The first-order chi connectivity index (χ1) is 12.8. The van der Waals surface area contributed by atoms with Crippen LogP contribution in [-0.2, 0) is 11.2 Å². The van der Waals surface area contributed by atoms with Crippen molar-refractivity contribution >= 4 is 5.91 Å². The molecule has 1 fully saturated rings. The molecule has 0 aliphatic carbocycles. The minimum Gasteiger partial charge on any atom is -0.334 e. The average molecular weight is 346 g/mol. The van der Waals surface area contributed by atoms with E-state index in [1.54, 1.807) is 12.4 Å². The van der Waals surface area contributed by atoms with Gasteiger partial charge in [-0.05, 0) is 42.5 Å². The van der Waals surface area contributed by atoms with E-state index in [0.717, 1.165) is 42.6 Å². The van der Waals surface area contributed by atoms with Crippen molar-refractivity contribution in [3.63, 3.8) is 0 Å². The Kier molecular flexibility index (Phi) is 4.78. The lowest BCUT2D eigenvalue weighted by molar-refractivity contribution is -0.132. The monoisotopic (exact) mass is 346 g/mol.